The Morgan fingerprint density at radius 2 is 1.82 bits per heavy atom. The van der Waals surface area contributed by atoms with Crippen molar-refractivity contribution in [2.75, 3.05) is 19.6 Å². The van der Waals surface area contributed by atoms with E-state index in [0.717, 1.165) is 49.6 Å². The molecule has 3 fully saturated rings. The van der Waals surface area contributed by atoms with Gasteiger partial charge in [-0.2, -0.15) is 13.2 Å². The molecule has 0 saturated carbocycles. The Bertz CT molecular complexity index is 849. The van der Waals surface area contributed by atoms with E-state index < -0.39 is 11.7 Å². The van der Waals surface area contributed by atoms with Gasteiger partial charge in [0.1, 0.15) is 0 Å². The van der Waals surface area contributed by atoms with E-state index in [0.29, 0.717) is 16.4 Å². The van der Waals surface area contributed by atoms with Crippen molar-refractivity contribution in [2.24, 2.45) is 5.92 Å². The normalized spacial score (nSPS) is 24.2. The molecule has 1 N–H and O–H groups in total. The number of alkyl halides is 3. The number of rotatable bonds is 4. The zero-order valence-corrected chi connectivity index (χ0v) is 15.9. The van der Waals surface area contributed by atoms with Crippen LogP contribution in [0.25, 0.3) is 0 Å². The molecule has 4 nitrogen and oxygen atoms in total. The summed E-state index contributed by atoms with van der Waals surface area (Å²) in [5.41, 5.74) is -0.214. The number of halogens is 3. The summed E-state index contributed by atoms with van der Waals surface area (Å²) in [4.78, 5) is 19.7. The summed E-state index contributed by atoms with van der Waals surface area (Å²) in [6.45, 7) is 3.15. The number of nitrogens with zero attached hydrogens (tertiary/aromatic N) is 2. The molecule has 4 heterocycles. The molecule has 1 aromatic carbocycles. The Hall–Kier alpha value is -2.06. The smallest absolute Gasteiger partial charge is 0.348 e. The first-order chi connectivity index (χ1) is 13.4. The minimum absolute atomic E-state index is 0.101. The molecular formula is C20H20F3N3OS. The first-order valence-electron chi connectivity index (χ1n) is 9.22. The van der Waals surface area contributed by atoms with Crippen LogP contribution >= 0.6 is 11.8 Å². The average molecular weight is 407 g/mol. The maximum absolute atomic E-state index is 12.8. The Labute approximate surface area is 165 Å². The van der Waals surface area contributed by atoms with Crippen LogP contribution in [-0.4, -0.2) is 41.5 Å². The number of carbonyl (C=O) groups excluding carboxylic acids is 1. The number of hydrogen-bond acceptors (Lipinski definition) is 4. The Kier molecular flexibility index (Phi) is 5.33. The van der Waals surface area contributed by atoms with Crippen molar-refractivity contribution >= 4 is 17.7 Å². The number of fused-ring (bicyclic) bond motifs is 3. The van der Waals surface area contributed by atoms with Gasteiger partial charge in [-0.15, -0.1) is 0 Å². The quantitative estimate of drug-likeness (QED) is 0.830. The van der Waals surface area contributed by atoms with Gasteiger partial charge in [0.25, 0.3) is 5.91 Å². The molecule has 0 aliphatic carbocycles. The SMILES string of the molecule is O=C(N[C@H]1CN2CCC1CC2)c1ccc(Sc2cncc(C(F)(F)F)c2)cc1. The highest BCUT2D eigenvalue weighted by atomic mass is 32.2. The third-order valence-electron chi connectivity index (χ3n) is 5.37. The summed E-state index contributed by atoms with van der Waals surface area (Å²) >= 11 is 1.18. The molecule has 3 aliphatic heterocycles. The maximum atomic E-state index is 12.8. The van der Waals surface area contributed by atoms with Gasteiger partial charge in [0.2, 0.25) is 0 Å². The molecule has 1 atom stereocenters. The highest BCUT2D eigenvalue weighted by Gasteiger charge is 2.35. The van der Waals surface area contributed by atoms with Crippen LogP contribution in [-0.2, 0) is 6.18 Å². The van der Waals surface area contributed by atoms with Crippen LogP contribution in [0.3, 0.4) is 0 Å². The van der Waals surface area contributed by atoms with E-state index in [4.69, 9.17) is 0 Å². The van der Waals surface area contributed by atoms with Gasteiger partial charge >= 0.3 is 6.18 Å². The molecule has 0 unspecified atom stereocenters. The first kappa shape index (κ1) is 19.3. The molecule has 2 aromatic rings. The molecule has 2 bridgehead atoms. The third-order valence-corrected chi connectivity index (χ3v) is 6.33. The zero-order valence-electron chi connectivity index (χ0n) is 15.1. The number of hydrogen-bond donors (Lipinski definition) is 1. The summed E-state index contributed by atoms with van der Waals surface area (Å²) in [5.74, 6) is 0.452. The largest absolute Gasteiger partial charge is 0.417 e. The van der Waals surface area contributed by atoms with Gasteiger partial charge in [-0.05, 0) is 62.2 Å². The van der Waals surface area contributed by atoms with Crippen LogP contribution < -0.4 is 5.32 Å². The number of pyridine rings is 1. The van der Waals surface area contributed by atoms with Crippen molar-refractivity contribution in [1.82, 2.24) is 15.2 Å². The Balaban J connectivity index is 1.39. The molecule has 5 rings (SSSR count). The van der Waals surface area contributed by atoms with Crippen LogP contribution in [0.4, 0.5) is 13.2 Å². The van der Waals surface area contributed by atoms with Gasteiger partial charge < -0.3 is 10.2 Å². The summed E-state index contributed by atoms with van der Waals surface area (Å²) < 4.78 is 38.4. The molecule has 1 amide bonds. The lowest BCUT2D eigenvalue weighted by Crippen LogP contribution is -2.57. The Morgan fingerprint density at radius 3 is 2.43 bits per heavy atom. The van der Waals surface area contributed by atoms with Crippen molar-refractivity contribution in [2.45, 2.75) is 34.9 Å². The van der Waals surface area contributed by atoms with Crippen LogP contribution in [0.1, 0.15) is 28.8 Å². The summed E-state index contributed by atoms with van der Waals surface area (Å²) in [5, 5.41) is 3.14. The lowest BCUT2D eigenvalue weighted by atomic mass is 9.84. The van der Waals surface area contributed by atoms with Crippen molar-refractivity contribution in [3.05, 3.63) is 53.9 Å². The predicted molar refractivity (Wildman–Crippen MR) is 100 cm³/mol. The van der Waals surface area contributed by atoms with Crippen molar-refractivity contribution in [1.29, 1.82) is 0 Å². The topological polar surface area (TPSA) is 45.2 Å². The molecule has 1 aromatic heterocycles. The van der Waals surface area contributed by atoms with E-state index >= 15 is 0 Å². The maximum Gasteiger partial charge on any atom is 0.417 e. The van der Waals surface area contributed by atoms with E-state index in [-0.39, 0.29) is 11.9 Å². The summed E-state index contributed by atoms with van der Waals surface area (Å²) in [7, 11) is 0. The van der Waals surface area contributed by atoms with E-state index in [2.05, 4.69) is 15.2 Å². The molecule has 0 radical (unpaired) electrons. The zero-order chi connectivity index (χ0) is 19.7. The van der Waals surface area contributed by atoms with Crippen LogP contribution in [0.2, 0.25) is 0 Å². The molecule has 3 saturated heterocycles. The van der Waals surface area contributed by atoms with E-state index in [9.17, 15) is 18.0 Å². The fourth-order valence-electron chi connectivity index (χ4n) is 3.82. The van der Waals surface area contributed by atoms with Gasteiger partial charge in [-0.3, -0.25) is 9.78 Å². The Morgan fingerprint density at radius 1 is 1.11 bits per heavy atom. The van der Waals surface area contributed by atoms with Crippen LogP contribution in [0.15, 0.2) is 52.5 Å². The van der Waals surface area contributed by atoms with Gasteiger partial charge in [0, 0.05) is 40.3 Å². The molecule has 3 aliphatic rings. The fraction of sp³-hybridized carbons (Fsp3) is 0.400. The van der Waals surface area contributed by atoms with Crippen molar-refractivity contribution < 1.29 is 18.0 Å². The first-order valence-corrected chi connectivity index (χ1v) is 10.0. The van der Waals surface area contributed by atoms with E-state index in [1.165, 1.54) is 18.0 Å². The summed E-state index contributed by atoms with van der Waals surface area (Å²) in [6, 6.07) is 8.18. The lowest BCUT2D eigenvalue weighted by molar-refractivity contribution is -0.138. The van der Waals surface area contributed by atoms with E-state index in [1.54, 1.807) is 24.3 Å². The predicted octanol–water partition coefficient (Wildman–Crippen LogP) is 4.08. The molecule has 28 heavy (non-hydrogen) atoms. The lowest BCUT2D eigenvalue weighted by Gasteiger charge is -2.44. The second kappa shape index (κ2) is 7.75. The van der Waals surface area contributed by atoms with Crippen LogP contribution in [0.5, 0.6) is 0 Å². The molecule has 0 spiro atoms. The summed E-state index contributed by atoms with van der Waals surface area (Å²) in [6.07, 6.45) is 0.0533. The highest BCUT2D eigenvalue weighted by Crippen LogP contribution is 2.34. The minimum atomic E-state index is -4.42. The van der Waals surface area contributed by atoms with Crippen molar-refractivity contribution in [3.8, 4) is 0 Å². The fourth-order valence-corrected chi connectivity index (χ4v) is 4.66. The standard InChI is InChI=1S/C20H20F3N3OS/c21-20(22,23)15-9-17(11-24-10-15)28-16-3-1-14(2-4-16)19(27)25-18-12-26-7-5-13(18)6-8-26/h1-4,9-11,13,18H,5-8,12H2,(H,25,27)/t18-/m0/s1. The second-order valence-corrected chi connectivity index (χ2v) is 8.40. The van der Waals surface area contributed by atoms with Gasteiger partial charge in [-0.25, -0.2) is 0 Å². The number of aromatic nitrogens is 1. The minimum Gasteiger partial charge on any atom is -0.348 e. The third kappa shape index (κ3) is 4.33. The number of piperidine rings is 3. The second-order valence-electron chi connectivity index (χ2n) is 7.25. The number of carbonyl (C=O) groups is 1. The number of benzene rings is 1. The van der Waals surface area contributed by atoms with Gasteiger partial charge in [0.05, 0.1) is 5.56 Å². The highest BCUT2D eigenvalue weighted by molar-refractivity contribution is 7.99. The molecular weight excluding hydrogens is 387 g/mol. The van der Waals surface area contributed by atoms with Crippen molar-refractivity contribution in [3.63, 3.8) is 0 Å². The monoisotopic (exact) mass is 407 g/mol. The van der Waals surface area contributed by atoms with Gasteiger partial charge in [0.15, 0.2) is 0 Å². The molecule has 8 heteroatoms. The number of amides is 1. The average Bonchev–Trinajstić information content (AvgIpc) is 2.69. The van der Waals surface area contributed by atoms with Crippen LogP contribution in [0, 0.1) is 5.92 Å². The number of nitrogens with one attached hydrogen (secondary N) is 1. The van der Waals surface area contributed by atoms with Gasteiger partial charge in [-0.1, -0.05) is 11.8 Å². The molecule has 148 valence electrons. The van der Waals surface area contributed by atoms with E-state index in [1.807, 2.05) is 0 Å².